The molecule has 0 amide bonds. The number of aromatic nitrogens is 2. The minimum absolute atomic E-state index is 0.499. The van der Waals surface area contributed by atoms with E-state index in [0.717, 1.165) is 26.1 Å². The van der Waals surface area contributed by atoms with E-state index in [4.69, 9.17) is 5.73 Å². The molecule has 0 bridgehead atoms. The summed E-state index contributed by atoms with van der Waals surface area (Å²) >= 11 is 0. The summed E-state index contributed by atoms with van der Waals surface area (Å²) in [5, 5.41) is 3.55. The van der Waals surface area contributed by atoms with Crippen LogP contribution in [0.4, 0.5) is 0 Å². The summed E-state index contributed by atoms with van der Waals surface area (Å²) in [4.78, 5) is 4.23. The molecule has 1 aliphatic heterocycles. The average Bonchev–Trinajstić information content (AvgIpc) is 2.75. The van der Waals surface area contributed by atoms with Crippen LogP contribution in [0.25, 0.3) is 0 Å². The molecule has 0 saturated carbocycles. The van der Waals surface area contributed by atoms with E-state index in [2.05, 4.69) is 14.9 Å². The standard InChI is InChI=1S/C11H20N4/c12-5-3-7-15-9-13-8-11(15)10-4-1-2-6-14-10/h8-10,14H,1-7,12H2. The molecule has 1 unspecified atom stereocenters. The van der Waals surface area contributed by atoms with Gasteiger partial charge in [0.15, 0.2) is 0 Å². The Balaban J connectivity index is 2.02. The third-order valence-corrected chi connectivity index (χ3v) is 3.01. The Hall–Kier alpha value is -0.870. The number of piperidine rings is 1. The van der Waals surface area contributed by atoms with Crippen molar-refractivity contribution in [2.24, 2.45) is 5.73 Å². The molecule has 0 radical (unpaired) electrons. The molecule has 15 heavy (non-hydrogen) atoms. The molecule has 4 heteroatoms. The van der Waals surface area contributed by atoms with Crippen LogP contribution in [0.2, 0.25) is 0 Å². The van der Waals surface area contributed by atoms with Gasteiger partial charge in [-0.05, 0) is 32.4 Å². The summed E-state index contributed by atoms with van der Waals surface area (Å²) in [6.45, 7) is 2.87. The van der Waals surface area contributed by atoms with Crippen LogP contribution in [0, 0.1) is 0 Å². The van der Waals surface area contributed by atoms with Crippen molar-refractivity contribution in [3.63, 3.8) is 0 Å². The van der Waals surface area contributed by atoms with Gasteiger partial charge in [0.1, 0.15) is 0 Å². The van der Waals surface area contributed by atoms with E-state index >= 15 is 0 Å². The molecule has 84 valence electrons. The summed E-state index contributed by atoms with van der Waals surface area (Å²) in [7, 11) is 0. The lowest BCUT2D eigenvalue weighted by molar-refractivity contribution is 0.392. The fourth-order valence-corrected chi connectivity index (χ4v) is 2.17. The van der Waals surface area contributed by atoms with Gasteiger partial charge < -0.3 is 15.6 Å². The fraction of sp³-hybridized carbons (Fsp3) is 0.727. The van der Waals surface area contributed by atoms with E-state index in [9.17, 15) is 0 Å². The summed E-state index contributed by atoms with van der Waals surface area (Å²) in [5.41, 5.74) is 6.85. The number of hydrogen-bond acceptors (Lipinski definition) is 3. The molecule has 1 fully saturated rings. The molecule has 1 saturated heterocycles. The van der Waals surface area contributed by atoms with E-state index in [1.807, 2.05) is 12.5 Å². The second-order valence-electron chi connectivity index (χ2n) is 4.16. The van der Waals surface area contributed by atoms with E-state index in [1.54, 1.807) is 0 Å². The number of nitrogens with zero attached hydrogens (tertiary/aromatic N) is 2. The molecule has 0 aromatic carbocycles. The average molecular weight is 208 g/mol. The van der Waals surface area contributed by atoms with Gasteiger partial charge in [0.2, 0.25) is 0 Å². The van der Waals surface area contributed by atoms with Crippen molar-refractivity contribution in [2.75, 3.05) is 13.1 Å². The lowest BCUT2D eigenvalue weighted by Crippen LogP contribution is -2.28. The zero-order valence-corrected chi connectivity index (χ0v) is 9.15. The Morgan fingerprint density at radius 3 is 3.20 bits per heavy atom. The fourth-order valence-electron chi connectivity index (χ4n) is 2.17. The quantitative estimate of drug-likeness (QED) is 0.777. The van der Waals surface area contributed by atoms with E-state index in [1.165, 1.54) is 25.0 Å². The predicted molar refractivity (Wildman–Crippen MR) is 60.5 cm³/mol. The minimum Gasteiger partial charge on any atom is -0.333 e. The maximum Gasteiger partial charge on any atom is 0.0948 e. The zero-order valence-electron chi connectivity index (χ0n) is 9.15. The minimum atomic E-state index is 0.499. The SMILES string of the molecule is NCCCn1cncc1C1CCCCN1. The molecule has 1 atom stereocenters. The van der Waals surface area contributed by atoms with Crippen molar-refractivity contribution in [3.8, 4) is 0 Å². The Labute approximate surface area is 90.9 Å². The first kappa shape index (κ1) is 10.6. The van der Waals surface area contributed by atoms with E-state index in [0.29, 0.717) is 6.04 Å². The van der Waals surface area contributed by atoms with Crippen LogP contribution in [0.5, 0.6) is 0 Å². The maximum atomic E-state index is 5.52. The first-order chi connectivity index (χ1) is 7.42. The molecule has 3 N–H and O–H groups in total. The molecule has 1 aromatic rings. The third-order valence-electron chi connectivity index (χ3n) is 3.01. The van der Waals surface area contributed by atoms with Gasteiger partial charge in [0.25, 0.3) is 0 Å². The van der Waals surface area contributed by atoms with Gasteiger partial charge in [0.05, 0.1) is 12.0 Å². The molecule has 2 heterocycles. The summed E-state index contributed by atoms with van der Waals surface area (Å²) in [6.07, 6.45) is 8.78. The highest BCUT2D eigenvalue weighted by Gasteiger charge is 2.17. The number of hydrogen-bond donors (Lipinski definition) is 2. The number of imidazole rings is 1. The van der Waals surface area contributed by atoms with Crippen molar-refractivity contribution < 1.29 is 0 Å². The highest BCUT2D eigenvalue weighted by atomic mass is 15.1. The largest absolute Gasteiger partial charge is 0.333 e. The van der Waals surface area contributed by atoms with Crippen molar-refractivity contribution in [1.29, 1.82) is 0 Å². The van der Waals surface area contributed by atoms with Crippen molar-refractivity contribution >= 4 is 0 Å². The Morgan fingerprint density at radius 2 is 2.47 bits per heavy atom. The monoisotopic (exact) mass is 208 g/mol. The second-order valence-corrected chi connectivity index (χ2v) is 4.16. The molecule has 2 rings (SSSR count). The molecule has 1 aliphatic rings. The van der Waals surface area contributed by atoms with Crippen molar-refractivity contribution in [3.05, 3.63) is 18.2 Å². The summed E-state index contributed by atoms with van der Waals surface area (Å²) in [5.74, 6) is 0. The zero-order chi connectivity index (χ0) is 10.5. The molecule has 1 aromatic heterocycles. The predicted octanol–water partition coefficient (Wildman–Crippen LogP) is 1.05. The topological polar surface area (TPSA) is 55.9 Å². The van der Waals surface area contributed by atoms with E-state index < -0.39 is 0 Å². The van der Waals surface area contributed by atoms with E-state index in [-0.39, 0.29) is 0 Å². The molecule has 4 nitrogen and oxygen atoms in total. The van der Waals surface area contributed by atoms with Crippen LogP contribution < -0.4 is 11.1 Å². The van der Waals surface area contributed by atoms with Gasteiger partial charge in [-0.25, -0.2) is 4.98 Å². The van der Waals surface area contributed by atoms with Crippen LogP contribution in [-0.2, 0) is 6.54 Å². The van der Waals surface area contributed by atoms with Crippen molar-refractivity contribution in [1.82, 2.24) is 14.9 Å². The normalized spacial score (nSPS) is 21.8. The van der Waals surface area contributed by atoms with Crippen LogP contribution in [0.1, 0.15) is 37.4 Å². The first-order valence-electron chi connectivity index (χ1n) is 5.85. The first-order valence-corrected chi connectivity index (χ1v) is 5.85. The second kappa shape index (κ2) is 5.28. The van der Waals surface area contributed by atoms with Gasteiger partial charge in [-0.1, -0.05) is 6.42 Å². The lowest BCUT2D eigenvalue weighted by atomic mass is 10.0. The van der Waals surface area contributed by atoms with Gasteiger partial charge >= 0.3 is 0 Å². The molecular weight excluding hydrogens is 188 g/mol. The lowest BCUT2D eigenvalue weighted by Gasteiger charge is -2.24. The number of rotatable bonds is 4. The molecule has 0 aliphatic carbocycles. The smallest absolute Gasteiger partial charge is 0.0948 e. The van der Waals surface area contributed by atoms with Crippen molar-refractivity contribution in [2.45, 2.75) is 38.3 Å². The van der Waals surface area contributed by atoms with Gasteiger partial charge in [0, 0.05) is 18.8 Å². The van der Waals surface area contributed by atoms with Crippen LogP contribution >= 0.6 is 0 Å². The van der Waals surface area contributed by atoms with Crippen LogP contribution in [-0.4, -0.2) is 22.6 Å². The van der Waals surface area contributed by atoms with Gasteiger partial charge in [-0.15, -0.1) is 0 Å². The molecular formula is C11H20N4. The summed E-state index contributed by atoms with van der Waals surface area (Å²) < 4.78 is 2.23. The van der Waals surface area contributed by atoms with Crippen LogP contribution in [0.15, 0.2) is 12.5 Å². The number of aryl methyl sites for hydroxylation is 1. The number of nitrogens with one attached hydrogen (secondary N) is 1. The van der Waals surface area contributed by atoms with Gasteiger partial charge in [-0.3, -0.25) is 0 Å². The Bertz CT molecular complexity index is 289. The highest BCUT2D eigenvalue weighted by molar-refractivity contribution is 5.06. The van der Waals surface area contributed by atoms with Gasteiger partial charge in [-0.2, -0.15) is 0 Å². The maximum absolute atomic E-state index is 5.52. The Morgan fingerprint density at radius 1 is 1.53 bits per heavy atom. The number of nitrogens with two attached hydrogens (primary N) is 1. The third kappa shape index (κ3) is 2.58. The Kier molecular flexibility index (Phi) is 3.75. The molecule has 0 spiro atoms. The summed E-state index contributed by atoms with van der Waals surface area (Å²) in [6, 6.07) is 0.499. The highest BCUT2D eigenvalue weighted by Crippen LogP contribution is 2.22. The van der Waals surface area contributed by atoms with Crippen LogP contribution in [0.3, 0.4) is 0 Å².